The van der Waals surface area contributed by atoms with E-state index in [1.807, 2.05) is 24.2 Å². The molecule has 2 aliphatic heterocycles. The van der Waals surface area contributed by atoms with Crippen LogP contribution in [0.25, 0.3) is 0 Å². The van der Waals surface area contributed by atoms with E-state index in [1.54, 1.807) is 0 Å². The largest absolute Gasteiger partial charge is 0.341 e. The van der Waals surface area contributed by atoms with Crippen molar-refractivity contribution in [1.29, 1.82) is 0 Å². The lowest BCUT2D eigenvalue weighted by Crippen LogP contribution is -2.43. The van der Waals surface area contributed by atoms with E-state index in [1.165, 1.54) is 38.5 Å². The fourth-order valence-corrected chi connectivity index (χ4v) is 4.78. The molecule has 3 heterocycles. The second-order valence-corrected chi connectivity index (χ2v) is 8.47. The molecule has 3 aliphatic rings. The number of piperidine rings is 1. The van der Waals surface area contributed by atoms with E-state index in [-0.39, 0.29) is 0 Å². The molecule has 0 bridgehead atoms. The molecule has 0 atom stereocenters. The minimum atomic E-state index is 0.349. The van der Waals surface area contributed by atoms with Crippen molar-refractivity contribution in [2.45, 2.75) is 51.9 Å². The molecular weight excluding hydrogens is 324 g/mol. The highest BCUT2D eigenvalue weighted by Crippen LogP contribution is 2.47. The Morgan fingerprint density at radius 3 is 2.31 bits per heavy atom. The number of aromatic nitrogens is 2. The molecule has 1 spiro atoms. The average molecular weight is 354 g/mol. The Balaban J connectivity index is 1.25. The Bertz CT molecular complexity index is 643. The lowest BCUT2D eigenvalue weighted by atomic mass is 9.65. The molecule has 140 valence electrons. The molecule has 4 rings (SSSR count). The van der Waals surface area contributed by atoms with Crippen LogP contribution in [0.1, 0.15) is 50.5 Å². The Morgan fingerprint density at radius 1 is 1.08 bits per heavy atom. The summed E-state index contributed by atoms with van der Waals surface area (Å²) in [6, 6.07) is 0. The SMILES string of the molecule is Cc1cnc(N2CCC3(CCC(CC(=O)N4CC=CC4)CC3)CC2)nc1. The predicted molar refractivity (Wildman–Crippen MR) is 103 cm³/mol. The zero-order valence-electron chi connectivity index (χ0n) is 15.9. The normalized spacial score (nSPS) is 23.0. The molecule has 5 nitrogen and oxygen atoms in total. The van der Waals surface area contributed by atoms with E-state index in [9.17, 15) is 4.79 Å². The molecule has 0 unspecified atom stereocenters. The maximum atomic E-state index is 12.4. The van der Waals surface area contributed by atoms with Gasteiger partial charge in [0.05, 0.1) is 0 Å². The van der Waals surface area contributed by atoms with Gasteiger partial charge in [0.25, 0.3) is 0 Å². The Kier molecular flexibility index (Phi) is 4.96. The van der Waals surface area contributed by atoms with Gasteiger partial charge < -0.3 is 9.80 Å². The number of rotatable bonds is 3. The number of aryl methyl sites for hydroxylation is 1. The van der Waals surface area contributed by atoms with Crippen molar-refractivity contribution >= 4 is 11.9 Å². The third kappa shape index (κ3) is 3.76. The number of hydrogen-bond acceptors (Lipinski definition) is 4. The van der Waals surface area contributed by atoms with Crippen LogP contribution in [0.15, 0.2) is 24.5 Å². The van der Waals surface area contributed by atoms with Crippen LogP contribution in [-0.4, -0.2) is 47.0 Å². The summed E-state index contributed by atoms with van der Waals surface area (Å²) >= 11 is 0. The first-order valence-electron chi connectivity index (χ1n) is 10.1. The van der Waals surface area contributed by atoms with Crippen molar-refractivity contribution in [3.8, 4) is 0 Å². The summed E-state index contributed by atoms with van der Waals surface area (Å²) in [5, 5.41) is 0. The minimum absolute atomic E-state index is 0.349. The monoisotopic (exact) mass is 354 g/mol. The van der Waals surface area contributed by atoms with E-state index in [2.05, 4.69) is 27.0 Å². The molecule has 0 N–H and O–H groups in total. The zero-order valence-corrected chi connectivity index (χ0v) is 15.9. The molecule has 0 aromatic carbocycles. The molecule has 1 saturated carbocycles. The Hall–Kier alpha value is -1.91. The topological polar surface area (TPSA) is 49.3 Å². The van der Waals surface area contributed by atoms with Crippen LogP contribution in [0.2, 0.25) is 0 Å². The molecule has 0 radical (unpaired) electrons. The first-order chi connectivity index (χ1) is 12.6. The van der Waals surface area contributed by atoms with Gasteiger partial charge >= 0.3 is 0 Å². The molecule has 1 aromatic rings. The number of anilines is 1. The minimum Gasteiger partial charge on any atom is -0.341 e. The average Bonchev–Trinajstić information content (AvgIpc) is 3.20. The molecule has 5 heteroatoms. The first-order valence-corrected chi connectivity index (χ1v) is 10.1. The van der Waals surface area contributed by atoms with Crippen molar-refractivity contribution in [2.24, 2.45) is 11.3 Å². The van der Waals surface area contributed by atoms with Crippen molar-refractivity contribution in [1.82, 2.24) is 14.9 Å². The zero-order chi connectivity index (χ0) is 18.0. The molecular formula is C21H30N4O. The fourth-order valence-electron chi connectivity index (χ4n) is 4.78. The van der Waals surface area contributed by atoms with Gasteiger partial charge in [-0.15, -0.1) is 0 Å². The summed E-state index contributed by atoms with van der Waals surface area (Å²) in [7, 11) is 0. The van der Waals surface area contributed by atoms with Crippen LogP contribution in [0, 0.1) is 18.3 Å². The molecule has 2 fully saturated rings. The quantitative estimate of drug-likeness (QED) is 0.781. The second kappa shape index (κ2) is 7.37. The highest BCUT2D eigenvalue weighted by molar-refractivity contribution is 5.77. The molecule has 26 heavy (non-hydrogen) atoms. The number of nitrogens with zero attached hydrogens (tertiary/aromatic N) is 4. The van der Waals surface area contributed by atoms with Gasteiger partial charge in [-0.25, -0.2) is 9.97 Å². The van der Waals surface area contributed by atoms with E-state index >= 15 is 0 Å². The van der Waals surface area contributed by atoms with Crippen molar-refractivity contribution < 1.29 is 4.79 Å². The third-order valence-electron chi connectivity index (χ3n) is 6.67. The number of carbonyl (C=O) groups is 1. The second-order valence-electron chi connectivity index (χ2n) is 8.47. The maximum Gasteiger partial charge on any atom is 0.225 e. The van der Waals surface area contributed by atoms with Gasteiger partial charge in [-0.05, 0) is 62.3 Å². The van der Waals surface area contributed by atoms with Crippen molar-refractivity contribution in [3.05, 3.63) is 30.1 Å². The number of amides is 1. The van der Waals surface area contributed by atoms with E-state index < -0.39 is 0 Å². The maximum absolute atomic E-state index is 12.4. The van der Waals surface area contributed by atoms with Crippen LogP contribution >= 0.6 is 0 Å². The van der Waals surface area contributed by atoms with Gasteiger partial charge in [-0.1, -0.05) is 12.2 Å². The van der Waals surface area contributed by atoms with Crippen molar-refractivity contribution in [2.75, 3.05) is 31.1 Å². The lowest BCUT2D eigenvalue weighted by Gasteiger charge is -2.46. The van der Waals surface area contributed by atoms with Gasteiger partial charge in [0, 0.05) is 45.0 Å². The Morgan fingerprint density at radius 2 is 1.69 bits per heavy atom. The standard InChI is InChI=1S/C21H30N4O/c1-17-15-22-20(23-16-17)25-12-8-21(9-13-25)6-4-18(5-7-21)14-19(26)24-10-2-3-11-24/h2-3,15-16,18H,4-14H2,1H3. The van der Waals surface area contributed by atoms with E-state index in [0.717, 1.165) is 44.1 Å². The summed E-state index contributed by atoms with van der Waals surface area (Å²) in [5.41, 5.74) is 1.61. The number of carbonyl (C=O) groups excluding carboxylic acids is 1. The van der Waals surface area contributed by atoms with Gasteiger partial charge in [-0.2, -0.15) is 0 Å². The highest BCUT2D eigenvalue weighted by Gasteiger charge is 2.39. The summed E-state index contributed by atoms with van der Waals surface area (Å²) in [6.07, 6.45) is 16.2. The molecule has 1 saturated heterocycles. The van der Waals surface area contributed by atoms with Gasteiger partial charge in [-0.3, -0.25) is 4.79 Å². The smallest absolute Gasteiger partial charge is 0.225 e. The van der Waals surface area contributed by atoms with Gasteiger partial charge in [0.2, 0.25) is 11.9 Å². The number of hydrogen-bond donors (Lipinski definition) is 0. The predicted octanol–water partition coefficient (Wildman–Crippen LogP) is 3.35. The highest BCUT2D eigenvalue weighted by atomic mass is 16.2. The third-order valence-corrected chi connectivity index (χ3v) is 6.67. The van der Waals surface area contributed by atoms with Crippen LogP contribution in [0.5, 0.6) is 0 Å². The lowest BCUT2D eigenvalue weighted by molar-refractivity contribution is -0.131. The summed E-state index contributed by atoms with van der Waals surface area (Å²) in [4.78, 5) is 25.7. The molecule has 1 aromatic heterocycles. The van der Waals surface area contributed by atoms with Crippen LogP contribution in [0.3, 0.4) is 0 Å². The summed E-state index contributed by atoms with van der Waals surface area (Å²) in [5.74, 6) is 1.82. The van der Waals surface area contributed by atoms with E-state index in [4.69, 9.17) is 0 Å². The molecule has 1 aliphatic carbocycles. The van der Waals surface area contributed by atoms with Crippen LogP contribution in [0.4, 0.5) is 5.95 Å². The van der Waals surface area contributed by atoms with Crippen LogP contribution < -0.4 is 4.90 Å². The fraction of sp³-hybridized carbons (Fsp3) is 0.667. The first kappa shape index (κ1) is 17.5. The van der Waals surface area contributed by atoms with Crippen molar-refractivity contribution in [3.63, 3.8) is 0 Å². The molecule has 1 amide bonds. The van der Waals surface area contributed by atoms with E-state index in [0.29, 0.717) is 17.2 Å². The Labute approximate surface area is 156 Å². The van der Waals surface area contributed by atoms with Gasteiger partial charge in [0.15, 0.2) is 0 Å². The van der Waals surface area contributed by atoms with Crippen LogP contribution in [-0.2, 0) is 4.79 Å². The summed E-state index contributed by atoms with van der Waals surface area (Å²) < 4.78 is 0. The van der Waals surface area contributed by atoms with Gasteiger partial charge in [0.1, 0.15) is 0 Å². The summed E-state index contributed by atoms with van der Waals surface area (Å²) in [6.45, 7) is 5.77.